The van der Waals surface area contributed by atoms with Crippen molar-refractivity contribution >= 4 is 23.3 Å². The van der Waals surface area contributed by atoms with E-state index in [0.29, 0.717) is 6.54 Å². The first kappa shape index (κ1) is 13.4. The minimum absolute atomic E-state index is 0.0373. The fourth-order valence-electron chi connectivity index (χ4n) is 2.34. The number of benzene rings is 1. The number of amides is 1. The topological polar surface area (TPSA) is 49.9 Å². The first-order chi connectivity index (χ1) is 9.04. The van der Waals surface area contributed by atoms with Crippen LogP contribution in [0.5, 0.6) is 0 Å². The van der Waals surface area contributed by atoms with E-state index in [4.69, 9.17) is 4.74 Å². The molecule has 1 saturated heterocycles. The van der Waals surface area contributed by atoms with Gasteiger partial charge in [0, 0.05) is 27.1 Å². The molecule has 1 atom stereocenters. The van der Waals surface area contributed by atoms with Crippen molar-refractivity contribution in [3.05, 3.63) is 24.3 Å². The Morgan fingerprint density at radius 3 is 2.68 bits per heavy atom. The average molecular weight is 262 g/mol. The van der Waals surface area contributed by atoms with Crippen LogP contribution >= 0.6 is 0 Å². The summed E-state index contributed by atoms with van der Waals surface area (Å²) in [6.45, 7) is 0.385. The summed E-state index contributed by atoms with van der Waals surface area (Å²) in [5.74, 6) is -0.726. The van der Waals surface area contributed by atoms with Crippen LogP contribution in [0.3, 0.4) is 0 Å². The number of ether oxygens (including phenoxy) is 1. The molecule has 0 saturated carbocycles. The van der Waals surface area contributed by atoms with Crippen LogP contribution in [0.15, 0.2) is 24.3 Å². The van der Waals surface area contributed by atoms with Crippen LogP contribution in [0.2, 0.25) is 0 Å². The van der Waals surface area contributed by atoms with Crippen LogP contribution in [0.1, 0.15) is 6.42 Å². The number of esters is 1. The second-order valence-corrected chi connectivity index (χ2v) is 4.81. The summed E-state index contributed by atoms with van der Waals surface area (Å²) in [5, 5.41) is 0. The summed E-state index contributed by atoms with van der Waals surface area (Å²) in [7, 11) is 5.21. The second-order valence-electron chi connectivity index (χ2n) is 4.81. The molecule has 1 heterocycles. The predicted octanol–water partition coefficient (Wildman–Crippen LogP) is 1.28. The summed E-state index contributed by atoms with van der Waals surface area (Å²) in [4.78, 5) is 27.2. The Hall–Kier alpha value is -2.04. The van der Waals surface area contributed by atoms with Crippen LogP contribution in [0, 0.1) is 5.92 Å². The molecule has 19 heavy (non-hydrogen) atoms. The van der Waals surface area contributed by atoms with Gasteiger partial charge in [-0.2, -0.15) is 0 Å². The highest BCUT2D eigenvalue weighted by Gasteiger charge is 2.36. The maximum Gasteiger partial charge on any atom is 0.311 e. The minimum Gasteiger partial charge on any atom is -0.469 e. The van der Waals surface area contributed by atoms with Gasteiger partial charge in [-0.25, -0.2) is 0 Å². The number of hydrogen-bond donors (Lipinski definition) is 0. The molecule has 0 radical (unpaired) electrons. The molecule has 5 nitrogen and oxygen atoms in total. The maximum absolute atomic E-state index is 12.1. The lowest BCUT2D eigenvalue weighted by atomic mass is 10.1. The van der Waals surface area contributed by atoms with Crippen molar-refractivity contribution in [3.8, 4) is 0 Å². The summed E-state index contributed by atoms with van der Waals surface area (Å²) in [6.07, 6.45) is 0.217. The third-order valence-electron chi connectivity index (χ3n) is 3.31. The molecule has 1 amide bonds. The van der Waals surface area contributed by atoms with Gasteiger partial charge in [-0.05, 0) is 12.1 Å². The number of methoxy groups -OCH3 is 1. The molecule has 5 heteroatoms. The summed E-state index contributed by atoms with van der Waals surface area (Å²) in [5.41, 5.74) is 1.80. The van der Waals surface area contributed by atoms with Crippen LogP contribution in [-0.4, -0.2) is 39.6 Å². The van der Waals surface area contributed by atoms with Gasteiger partial charge in [-0.1, -0.05) is 12.1 Å². The van der Waals surface area contributed by atoms with Crippen molar-refractivity contribution in [1.29, 1.82) is 0 Å². The standard InChI is InChI=1S/C14H18N2O3/c1-15(2)11-6-4-5-7-12(11)16-9-10(8-13(16)17)14(18)19-3/h4-7,10H,8-9H2,1-3H3. The summed E-state index contributed by atoms with van der Waals surface area (Å²) >= 11 is 0. The summed E-state index contributed by atoms with van der Waals surface area (Å²) in [6, 6.07) is 7.67. The molecule has 0 aliphatic carbocycles. The third kappa shape index (κ3) is 2.54. The van der Waals surface area contributed by atoms with Crippen molar-refractivity contribution in [2.75, 3.05) is 37.5 Å². The van der Waals surface area contributed by atoms with Gasteiger partial charge < -0.3 is 14.5 Å². The lowest BCUT2D eigenvalue weighted by Gasteiger charge is -2.23. The van der Waals surface area contributed by atoms with E-state index < -0.39 is 0 Å². The van der Waals surface area contributed by atoms with Gasteiger partial charge in [0.1, 0.15) is 0 Å². The number of nitrogens with zero attached hydrogens (tertiary/aromatic N) is 2. The minimum atomic E-state index is -0.368. The molecule has 1 unspecified atom stereocenters. The monoisotopic (exact) mass is 262 g/mol. The highest BCUT2D eigenvalue weighted by molar-refractivity contribution is 6.01. The van der Waals surface area contributed by atoms with Crippen molar-refractivity contribution in [2.24, 2.45) is 5.92 Å². The molecule has 1 aliphatic rings. The maximum atomic E-state index is 12.1. The zero-order chi connectivity index (χ0) is 14.0. The van der Waals surface area contributed by atoms with Gasteiger partial charge in [-0.15, -0.1) is 0 Å². The highest BCUT2D eigenvalue weighted by Crippen LogP contribution is 2.32. The van der Waals surface area contributed by atoms with E-state index >= 15 is 0 Å². The number of para-hydroxylation sites is 2. The van der Waals surface area contributed by atoms with Crippen LogP contribution in [0.4, 0.5) is 11.4 Å². The van der Waals surface area contributed by atoms with E-state index in [0.717, 1.165) is 11.4 Å². The first-order valence-corrected chi connectivity index (χ1v) is 6.19. The van der Waals surface area contributed by atoms with E-state index in [1.165, 1.54) is 7.11 Å². The molecular formula is C14H18N2O3. The molecule has 102 valence electrons. The quantitative estimate of drug-likeness (QED) is 0.770. The highest BCUT2D eigenvalue weighted by atomic mass is 16.5. The largest absolute Gasteiger partial charge is 0.469 e. The Kier molecular flexibility index (Phi) is 3.74. The van der Waals surface area contributed by atoms with Crippen LogP contribution < -0.4 is 9.80 Å². The molecule has 1 aromatic rings. The van der Waals surface area contributed by atoms with Crippen molar-refractivity contribution in [2.45, 2.75) is 6.42 Å². The number of rotatable bonds is 3. The number of hydrogen-bond acceptors (Lipinski definition) is 4. The lowest BCUT2D eigenvalue weighted by molar-refractivity contribution is -0.145. The average Bonchev–Trinajstić information content (AvgIpc) is 2.79. The molecule has 1 aliphatic heterocycles. The number of carbonyl (C=O) groups is 2. The first-order valence-electron chi connectivity index (χ1n) is 6.19. The van der Waals surface area contributed by atoms with E-state index in [1.807, 2.05) is 43.3 Å². The van der Waals surface area contributed by atoms with Gasteiger partial charge >= 0.3 is 5.97 Å². The third-order valence-corrected chi connectivity index (χ3v) is 3.31. The van der Waals surface area contributed by atoms with Gasteiger partial charge in [0.2, 0.25) is 5.91 Å². The molecule has 0 spiro atoms. The Morgan fingerprint density at radius 2 is 2.05 bits per heavy atom. The van der Waals surface area contributed by atoms with E-state index in [-0.39, 0.29) is 24.2 Å². The second kappa shape index (κ2) is 5.30. The van der Waals surface area contributed by atoms with E-state index in [9.17, 15) is 9.59 Å². The van der Waals surface area contributed by atoms with Gasteiger partial charge in [0.25, 0.3) is 0 Å². The zero-order valence-electron chi connectivity index (χ0n) is 11.4. The van der Waals surface area contributed by atoms with E-state index in [2.05, 4.69) is 0 Å². The van der Waals surface area contributed by atoms with Gasteiger partial charge in [0.05, 0.1) is 24.4 Å². The van der Waals surface area contributed by atoms with Crippen molar-refractivity contribution in [3.63, 3.8) is 0 Å². The summed E-state index contributed by atoms with van der Waals surface area (Å²) < 4.78 is 4.72. The fraction of sp³-hybridized carbons (Fsp3) is 0.429. The number of anilines is 2. The van der Waals surface area contributed by atoms with Gasteiger partial charge in [0.15, 0.2) is 0 Å². The van der Waals surface area contributed by atoms with Gasteiger partial charge in [-0.3, -0.25) is 9.59 Å². The Morgan fingerprint density at radius 1 is 1.37 bits per heavy atom. The van der Waals surface area contributed by atoms with Crippen molar-refractivity contribution < 1.29 is 14.3 Å². The predicted molar refractivity (Wildman–Crippen MR) is 73.2 cm³/mol. The normalized spacial score (nSPS) is 18.6. The SMILES string of the molecule is COC(=O)C1CC(=O)N(c2ccccc2N(C)C)C1. The Labute approximate surface area is 112 Å². The molecule has 0 N–H and O–H groups in total. The van der Waals surface area contributed by atoms with Crippen molar-refractivity contribution in [1.82, 2.24) is 0 Å². The Bertz CT molecular complexity index is 499. The number of carbonyl (C=O) groups excluding carboxylic acids is 2. The smallest absolute Gasteiger partial charge is 0.311 e. The molecule has 2 rings (SSSR count). The molecule has 0 bridgehead atoms. The molecule has 0 aromatic heterocycles. The molecule has 1 fully saturated rings. The molecule has 1 aromatic carbocycles. The Balaban J connectivity index is 2.28. The van der Waals surface area contributed by atoms with Crippen LogP contribution in [0.25, 0.3) is 0 Å². The van der Waals surface area contributed by atoms with Crippen LogP contribution in [-0.2, 0) is 14.3 Å². The lowest BCUT2D eigenvalue weighted by Crippen LogP contribution is -2.28. The zero-order valence-corrected chi connectivity index (χ0v) is 11.4. The molecular weight excluding hydrogens is 244 g/mol. The van der Waals surface area contributed by atoms with E-state index in [1.54, 1.807) is 4.90 Å². The fourth-order valence-corrected chi connectivity index (χ4v) is 2.34.